The Balaban J connectivity index is 1.89. The van der Waals surface area contributed by atoms with Crippen molar-refractivity contribution in [1.29, 1.82) is 5.26 Å². The summed E-state index contributed by atoms with van der Waals surface area (Å²) in [7, 11) is 0. The largest absolute Gasteiger partial charge is 0.391 e. The standard InChI is InChI=1S/C15H17NO/c16-10-15(14(17)11-6-3-7-11)8-12-4-1-2-5-13(12)9-15/h1-2,4-5,11,14,17H,3,6-9H2. The normalized spacial score (nSPS) is 23.5. The lowest BCUT2D eigenvalue weighted by molar-refractivity contribution is -0.0129. The van der Waals surface area contributed by atoms with E-state index >= 15 is 0 Å². The number of nitrogens with zero attached hydrogens (tertiary/aromatic N) is 1. The summed E-state index contributed by atoms with van der Waals surface area (Å²) in [6, 6.07) is 10.6. The topological polar surface area (TPSA) is 44.0 Å². The molecule has 1 fully saturated rings. The highest BCUT2D eigenvalue weighted by atomic mass is 16.3. The smallest absolute Gasteiger partial charge is 0.0915 e. The number of benzene rings is 1. The zero-order valence-corrected chi connectivity index (χ0v) is 9.89. The molecule has 0 bridgehead atoms. The van der Waals surface area contributed by atoms with E-state index in [1.165, 1.54) is 17.5 Å². The Morgan fingerprint density at radius 1 is 1.24 bits per heavy atom. The summed E-state index contributed by atoms with van der Waals surface area (Å²) >= 11 is 0. The molecule has 2 aliphatic carbocycles. The number of hydrogen-bond acceptors (Lipinski definition) is 2. The molecule has 1 atom stereocenters. The van der Waals surface area contributed by atoms with Crippen LogP contribution >= 0.6 is 0 Å². The van der Waals surface area contributed by atoms with Crippen molar-refractivity contribution in [3.8, 4) is 6.07 Å². The Hall–Kier alpha value is -1.33. The van der Waals surface area contributed by atoms with Gasteiger partial charge in [0.25, 0.3) is 0 Å². The Morgan fingerprint density at radius 2 is 1.82 bits per heavy atom. The molecule has 17 heavy (non-hydrogen) atoms. The van der Waals surface area contributed by atoms with E-state index in [2.05, 4.69) is 18.2 Å². The quantitative estimate of drug-likeness (QED) is 0.843. The van der Waals surface area contributed by atoms with Crippen LogP contribution in [-0.4, -0.2) is 11.2 Å². The molecule has 0 saturated heterocycles. The third-order valence-electron chi connectivity index (χ3n) is 4.52. The van der Waals surface area contributed by atoms with E-state index in [-0.39, 0.29) is 0 Å². The van der Waals surface area contributed by atoms with Gasteiger partial charge in [-0.25, -0.2) is 0 Å². The van der Waals surface area contributed by atoms with Crippen LogP contribution in [0.5, 0.6) is 0 Å². The summed E-state index contributed by atoms with van der Waals surface area (Å²) in [4.78, 5) is 0. The zero-order chi connectivity index (χ0) is 11.9. The highest BCUT2D eigenvalue weighted by molar-refractivity contribution is 5.38. The molecule has 3 rings (SSSR count). The molecule has 1 N–H and O–H groups in total. The number of nitriles is 1. The lowest BCUT2D eigenvalue weighted by atomic mass is 9.68. The fourth-order valence-electron chi connectivity index (χ4n) is 3.21. The summed E-state index contributed by atoms with van der Waals surface area (Å²) < 4.78 is 0. The van der Waals surface area contributed by atoms with Gasteiger partial charge >= 0.3 is 0 Å². The Bertz CT molecular complexity index is 445. The minimum atomic E-state index is -0.561. The van der Waals surface area contributed by atoms with Crippen LogP contribution in [0.15, 0.2) is 24.3 Å². The van der Waals surface area contributed by atoms with Crippen molar-refractivity contribution in [2.24, 2.45) is 11.3 Å². The van der Waals surface area contributed by atoms with E-state index in [9.17, 15) is 10.4 Å². The predicted octanol–water partition coefficient (Wildman–Crippen LogP) is 2.46. The lowest BCUT2D eigenvalue weighted by Crippen LogP contribution is -2.42. The first-order chi connectivity index (χ1) is 8.25. The Morgan fingerprint density at radius 3 is 2.24 bits per heavy atom. The minimum absolute atomic E-state index is 0.351. The van der Waals surface area contributed by atoms with Gasteiger partial charge in [0.15, 0.2) is 0 Å². The second-order valence-electron chi connectivity index (χ2n) is 5.53. The van der Waals surface area contributed by atoms with E-state index in [1.807, 2.05) is 12.1 Å². The van der Waals surface area contributed by atoms with Crippen LogP contribution in [0.1, 0.15) is 30.4 Å². The van der Waals surface area contributed by atoms with Crippen molar-refractivity contribution in [3.63, 3.8) is 0 Å². The number of fused-ring (bicyclic) bond motifs is 1. The van der Waals surface area contributed by atoms with Crippen LogP contribution in [0, 0.1) is 22.7 Å². The highest BCUT2D eigenvalue weighted by Crippen LogP contribution is 2.45. The van der Waals surface area contributed by atoms with Crippen LogP contribution in [-0.2, 0) is 12.8 Å². The zero-order valence-electron chi connectivity index (χ0n) is 9.89. The molecule has 1 unspecified atom stereocenters. The molecule has 0 amide bonds. The van der Waals surface area contributed by atoms with E-state index in [4.69, 9.17) is 0 Å². The second-order valence-corrected chi connectivity index (χ2v) is 5.53. The van der Waals surface area contributed by atoms with Crippen molar-refractivity contribution in [2.75, 3.05) is 0 Å². The van der Waals surface area contributed by atoms with E-state index in [0.717, 1.165) is 25.7 Å². The molecule has 88 valence electrons. The van der Waals surface area contributed by atoms with Crippen LogP contribution in [0.2, 0.25) is 0 Å². The van der Waals surface area contributed by atoms with Gasteiger partial charge in [-0.05, 0) is 42.7 Å². The summed E-state index contributed by atoms with van der Waals surface area (Å²) in [6.45, 7) is 0. The molecule has 2 heteroatoms. The molecule has 1 aromatic rings. The van der Waals surface area contributed by atoms with Gasteiger partial charge in [-0.2, -0.15) is 5.26 Å². The average molecular weight is 227 g/mol. The van der Waals surface area contributed by atoms with Crippen molar-refractivity contribution in [1.82, 2.24) is 0 Å². The first kappa shape index (κ1) is 10.8. The summed E-state index contributed by atoms with van der Waals surface area (Å²) in [5, 5.41) is 20.0. The second kappa shape index (κ2) is 3.85. The van der Waals surface area contributed by atoms with E-state index in [0.29, 0.717) is 5.92 Å². The predicted molar refractivity (Wildman–Crippen MR) is 65.2 cm³/mol. The third kappa shape index (κ3) is 1.57. The molecule has 0 radical (unpaired) electrons. The summed E-state index contributed by atoms with van der Waals surface area (Å²) in [5.74, 6) is 0.351. The van der Waals surface area contributed by atoms with Gasteiger partial charge in [0.05, 0.1) is 17.6 Å². The van der Waals surface area contributed by atoms with Crippen LogP contribution < -0.4 is 0 Å². The molecule has 1 saturated carbocycles. The molecule has 0 heterocycles. The molecule has 0 aromatic heterocycles. The summed E-state index contributed by atoms with van der Waals surface area (Å²) in [6.07, 6.45) is 4.36. The van der Waals surface area contributed by atoms with Crippen molar-refractivity contribution < 1.29 is 5.11 Å². The monoisotopic (exact) mass is 227 g/mol. The minimum Gasteiger partial charge on any atom is -0.391 e. The Kier molecular flexibility index (Phi) is 2.45. The van der Waals surface area contributed by atoms with Gasteiger partial charge in [-0.1, -0.05) is 30.7 Å². The van der Waals surface area contributed by atoms with E-state index < -0.39 is 11.5 Å². The average Bonchev–Trinajstić information content (AvgIpc) is 2.66. The van der Waals surface area contributed by atoms with Gasteiger partial charge in [0.2, 0.25) is 0 Å². The van der Waals surface area contributed by atoms with Gasteiger partial charge in [0, 0.05) is 0 Å². The fourth-order valence-corrected chi connectivity index (χ4v) is 3.21. The molecule has 2 nitrogen and oxygen atoms in total. The SMILES string of the molecule is N#CC1(C(O)C2CCC2)Cc2ccccc2C1. The third-order valence-corrected chi connectivity index (χ3v) is 4.52. The fraction of sp³-hybridized carbons (Fsp3) is 0.533. The van der Waals surface area contributed by atoms with Crippen molar-refractivity contribution in [2.45, 2.75) is 38.2 Å². The molecular formula is C15H17NO. The maximum absolute atomic E-state index is 10.5. The molecule has 2 aliphatic rings. The van der Waals surface area contributed by atoms with Gasteiger partial charge in [-0.3, -0.25) is 0 Å². The molecule has 1 aromatic carbocycles. The molecule has 0 aliphatic heterocycles. The van der Waals surface area contributed by atoms with Crippen molar-refractivity contribution >= 4 is 0 Å². The maximum atomic E-state index is 10.5. The lowest BCUT2D eigenvalue weighted by Gasteiger charge is -2.38. The van der Waals surface area contributed by atoms with Crippen LogP contribution in [0.25, 0.3) is 0 Å². The Labute approximate surface area is 102 Å². The maximum Gasteiger partial charge on any atom is 0.0915 e. The number of aliphatic hydroxyl groups excluding tert-OH is 1. The molecule has 0 spiro atoms. The number of hydrogen-bond donors (Lipinski definition) is 1. The van der Waals surface area contributed by atoms with E-state index in [1.54, 1.807) is 0 Å². The number of aliphatic hydroxyl groups is 1. The van der Waals surface area contributed by atoms with Crippen molar-refractivity contribution in [3.05, 3.63) is 35.4 Å². The first-order valence-electron chi connectivity index (χ1n) is 6.41. The van der Waals surface area contributed by atoms with Gasteiger partial charge < -0.3 is 5.11 Å². The number of rotatable bonds is 2. The summed E-state index contributed by atoms with van der Waals surface area (Å²) in [5.41, 5.74) is 1.93. The van der Waals surface area contributed by atoms with Crippen LogP contribution in [0.3, 0.4) is 0 Å². The molecular weight excluding hydrogens is 210 g/mol. The first-order valence-corrected chi connectivity index (χ1v) is 6.41. The highest BCUT2D eigenvalue weighted by Gasteiger charge is 2.47. The van der Waals surface area contributed by atoms with Crippen LogP contribution in [0.4, 0.5) is 0 Å². The van der Waals surface area contributed by atoms with Gasteiger partial charge in [-0.15, -0.1) is 0 Å². The van der Waals surface area contributed by atoms with Gasteiger partial charge in [0.1, 0.15) is 0 Å².